The molecule has 0 radical (unpaired) electrons. The third-order valence-electron chi connectivity index (χ3n) is 7.63. The van der Waals surface area contributed by atoms with E-state index in [9.17, 15) is 35.9 Å². The lowest BCUT2D eigenvalue weighted by molar-refractivity contribution is -0.128. The van der Waals surface area contributed by atoms with Gasteiger partial charge < -0.3 is 15.7 Å². The Morgan fingerprint density at radius 1 is 1.00 bits per heavy atom. The highest BCUT2D eigenvalue weighted by Crippen LogP contribution is 2.39. The topological polar surface area (TPSA) is 159 Å². The number of carbonyl (C=O) groups is 2. The second-order valence-corrected chi connectivity index (χ2v) is 16.8. The number of carbonyl (C=O) groups excluding carboxylic acids is 2. The molecular formula is C31H44FN3O7S2. The lowest BCUT2D eigenvalue weighted by atomic mass is 9.86. The Kier molecular flexibility index (Phi) is 11.7. The maximum absolute atomic E-state index is 13.6. The highest BCUT2D eigenvalue weighted by molar-refractivity contribution is 7.91. The SMILES string of the molecule is CC1CC(C[C@@H](O)[C@H](Cc2ccccc2)NC(=O)[C@@H](CS(=O)(=O)c2ccc(F)cc2)NS(C)(=O)=O)C(C(=O)NC(C)(C)C)C1. The fraction of sp³-hybridized carbons (Fsp3) is 0.548. The Hall–Kier alpha value is -2.87. The maximum atomic E-state index is 13.6. The number of sulfone groups is 1. The van der Waals surface area contributed by atoms with E-state index in [0.29, 0.717) is 12.8 Å². The second-order valence-electron chi connectivity index (χ2n) is 13.0. The number of aliphatic hydroxyl groups is 1. The molecule has 2 amide bonds. The van der Waals surface area contributed by atoms with Gasteiger partial charge in [-0.2, -0.15) is 0 Å². The van der Waals surface area contributed by atoms with E-state index in [1.165, 1.54) is 0 Å². The number of amides is 2. The van der Waals surface area contributed by atoms with E-state index >= 15 is 0 Å². The van der Waals surface area contributed by atoms with Crippen LogP contribution in [-0.2, 0) is 35.9 Å². The van der Waals surface area contributed by atoms with Gasteiger partial charge in [-0.1, -0.05) is 37.3 Å². The fourth-order valence-electron chi connectivity index (χ4n) is 5.74. The third-order valence-corrected chi connectivity index (χ3v) is 10.1. The standard InChI is InChI=1S/C31H44FN3O7S2/c1-20-15-22(25(16-20)29(37)34-31(2,3)4)18-28(36)26(17-21-9-7-6-8-10-21)33-30(38)27(35-43(5,39)40)19-44(41,42)24-13-11-23(32)12-14-24/h6-14,20,22,25-28,35-36H,15-19H2,1-5H3,(H,33,38)(H,34,37)/t20?,22?,25?,26-,27+,28+/m0/s1. The quantitative estimate of drug-likeness (QED) is 0.242. The number of aliphatic hydroxyl groups excluding tert-OH is 1. The maximum Gasteiger partial charge on any atom is 0.239 e. The number of sulfonamides is 1. The molecule has 0 saturated heterocycles. The van der Waals surface area contributed by atoms with Gasteiger partial charge in [0.25, 0.3) is 0 Å². The molecule has 10 nitrogen and oxygen atoms in total. The van der Waals surface area contributed by atoms with Crippen molar-refractivity contribution >= 4 is 31.7 Å². The molecule has 1 aliphatic rings. The Labute approximate surface area is 260 Å². The van der Waals surface area contributed by atoms with Crippen molar-refractivity contribution < 1.29 is 35.9 Å². The third kappa shape index (κ3) is 10.9. The first-order chi connectivity index (χ1) is 20.3. The first kappa shape index (κ1) is 35.6. The molecule has 244 valence electrons. The lowest BCUT2D eigenvalue weighted by Crippen LogP contribution is -2.55. The molecule has 1 aliphatic carbocycles. The number of hydrogen-bond acceptors (Lipinski definition) is 7. The van der Waals surface area contributed by atoms with Gasteiger partial charge in [0.2, 0.25) is 21.8 Å². The van der Waals surface area contributed by atoms with Crippen LogP contribution in [-0.4, -0.2) is 69.5 Å². The van der Waals surface area contributed by atoms with Crippen molar-refractivity contribution in [3.63, 3.8) is 0 Å². The Balaban J connectivity index is 1.86. The molecule has 0 spiro atoms. The van der Waals surface area contributed by atoms with Crippen LogP contribution in [0.25, 0.3) is 0 Å². The molecule has 3 rings (SSSR count). The predicted molar refractivity (Wildman–Crippen MR) is 166 cm³/mol. The summed E-state index contributed by atoms with van der Waals surface area (Å²) in [5.41, 5.74) is 0.358. The van der Waals surface area contributed by atoms with E-state index in [-0.39, 0.29) is 41.4 Å². The molecule has 13 heteroatoms. The number of benzene rings is 2. The van der Waals surface area contributed by atoms with E-state index in [2.05, 4.69) is 22.3 Å². The Morgan fingerprint density at radius 2 is 1.61 bits per heavy atom. The van der Waals surface area contributed by atoms with Gasteiger partial charge >= 0.3 is 0 Å². The lowest BCUT2D eigenvalue weighted by Gasteiger charge is -2.31. The van der Waals surface area contributed by atoms with E-state index in [4.69, 9.17) is 0 Å². The summed E-state index contributed by atoms with van der Waals surface area (Å²) in [7, 11) is -8.27. The normalized spacial score (nSPS) is 21.3. The summed E-state index contributed by atoms with van der Waals surface area (Å²) >= 11 is 0. The number of halogens is 1. The summed E-state index contributed by atoms with van der Waals surface area (Å²) in [4.78, 5) is 26.4. The van der Waals surface area contributed by atoms with Gasteiger partial charge in [0.05, 0.1) is 29.0 Å². The van der Waals surface area contributed by atoms with Crippen molar-refractivity contribution in [2.75, 3.05) is 12.0 Å². The fourth-order valence-corrected chi connectivity index (χ4v) is 7.96. The molecule has 0 aromatic heterocycles. The molecule has 1 fully saturated rings. The molecule has 0 heterocycles. The summed E-state index contributed by atoms with van der Waals surface area (Å²) in [5.74, 6) is -2.85. The number of rotatable bonds is 13. The van der Waals surface area contributed by atoms with Crippen LogP contribution in [0.1, 0.15) is 52.5 Å². The number of hydrogen-bond donors (Lipinski definition) is 4. The van der Waals surface area contributed by atoms with Gasteiger partial charge in [0.15, 0.2) is 9.84 Å². The van der Waals surface area contributed by atoms with Crippen molar-refractivity contribution in [3.05, 3.63) is 66.0 Å². The van der Waals surface area contributed by atoms with Gasteiger partial charge in [-0.3, -0.25) is 9.59 Å². The minimum atomic E-state index is -4.23. The smallest absolute Gasteiger partial charge is 0.239 e. The largest absolute Gasteiger partial charge is 0.391 e. The summed E-state index contributed by atoms with van der Waals surface area (Å²) in [6, 6.07) is 10.4. The van der Waals surface area contributed by atoms with Crippen LogP contribution in [0.4, 0.5) is 4.39 Å². The van der Waals surface area contributed by atoms with Crippen LogP contribution in [0.3, 0.4) is 0 Å². The molecule has 6 atom stereocenters. The molecule has 44 heavy (non-hydrogen) atoms. The van der Waals surface area contributed by atoms with Crippen LogP contribution in [0.5, 0.6) is 0 Å². The first-order valence-corrected chi connectivity index (χ1v) is 18.2. The highest BCUT2D eigenvalue weighted by atomic mass is 32.2. The van der Waals surface area contributed by atoms with Gasteiger partial charge in [-0.25, -0.2) is 25.9 Å². The van der Waals surface area contributed by atoms with Crippen LogP contribution in [0.2, 0.25) is 0 Å². The van der Waals surface area contributed by atoms with Gasteiger partial charge in [0, 0.05) is 11.5 Å². The average molecular weight is 654 g/mol. The first-order valence-electron chi connectivity index (χ1n) is 14.6. The molecular weight excluding hydrogens is 609 g/mol. The van der Waals surface area contributed by atoms with Crippen LogP contribution in [0, 0.1) is 23.6 Å². The van der Waals surface area contributed by atoms with Crippen molar-refractivity contribution in [2.45, 2.75) is 82.0 Å². The molecule has 0 bridgehead atoms. The molecule has 1 saturated carbocycles. The highest BCUT2D eigenvalue weighted by Gasteiger charge is 2.40. The summed E-state index contributed by atoms with van der Waals surface area (Å²) in [6.45, 7) is 7.75. The van der Waals surface area contributed by atoms with Crippen LogP contribution >= 0.6 is 0 Å². The molecule has 4 N–H and O–H groups in total. The van der Waals surface area contributed by atoms with Crippen molar-refractivity contribution in [2.24, 2.45) is 17.8 Å². The van der Waals surface area contributed by atoms with Crippen LogP contribution in [0.15, 0.2) is 59.5 Å². The van der Waals surface area contributed by atoms with Crippen molar-refractivity contribution in [1.29, 1.82) is 0 Å². The Morgan fingerprint density at radius 3 is 2.18 bits per heavy atom. The van der Waals surface area contributed by atoms with E-state index in [0.717, 1.165) is 36.1 Å². The number of nitrogens with one attached hydrogen (secondary N) is 3. The van der Waals surface area contributed by atoms with Gasteiger partial charge in [-0.15, -0.1) is 0 Å². The zero-order valence-corrected chi connectivity index (χ0v) is 27.4. The molecule has 3 unspecified atom stereocenters. The monoisotopic (exact) mass is 653 g/mol. The molecule has 2 aromatic carbocycles. The minimum absolute atomic E-state index is 0.0916. The van der Waals surface area contributed by atoms with Gasteiger partial charge in [0.1, 0.15) is 11.9 Å². The van der Waals surface area contributed by atoms with E-state index in [1.54, 1.807) is 12.1 Å². The van der Waals surface area contributed by atoms with E-state index < -0.39 is 61.1 Å². The molecule has 2 aromatic rings. The van der Waals surface area contributed by atoms with Crippen molar-refractivity contribution in [3.8, 4) is 0 Å². The zero-order valence-electron chi connectivity index (χ0n) is 25.8. The summed E-state index contributed by atoms with van der Waals surface area (Å²) in [6.07, 6.45) is 1.41. The minimum Gasteiger partial charge on any atom is -0.391 e. The van der Waals surface area contributed by atoms with E-state index in [1.807, 2.05) is 39.0 Å². The zero-order chi connectivity index (χ0) is 32.9. The van der Waals surface area contributed by atoms with Crippen LogP contribution < -0.4 is 15.4 Å². The summed E-state index contributed by atoms with van der Waals surface area (Å²) < 4.78 is 66.0. The Bertz CT molecular complexity index is 1490. The predicted octanol–water partition coefficient (Wildman–Crippen LogP) is 2.57. The van der Waals surface area contributed by atoms with Crippen molar-refractivity contribution in [1.82, 2.24) is 15.4 Å². The summed E-state index contributed by atoms with van der Waals surface area (Å²) in [5, 5.41) is 17.2. The molecule has 0 aliphatic heterocycles. The van der Waals surface area contributed by atoms with Gasteiger partial charge in [-0.05, 0) is 88.1 Å². The second kappa shape index (κ2) is 14.5. The average Bonchev–Trinajstić information content (AvgIpc) is 3.26.